The van der Waals surface area contributed by atoms with Gasteiger partial charge < -0.3 is 4.42 Å². The van der Waals surface area contributed by atoms with Crippen LogP contribution in [0.15, 0.2) is 35.1 Å². The Balaban J connectivity index is 2.55. The average molecular weight is 204 g/mol. The Morgan fingerprint density at radius 1 is 1.47 bits per heavy atom. The van der Waals surface area contributed by atoms with Crippen LogP contribution in [0.3, 0.4) is 0 Å². The second-order valence-electron chi connectivity index (χ2n) is 3.09. The molecule has 1 heterocycles. The lowest BCUT2D eigenvalue weighted by Crippen LogP contribution is -1.90. The van der Waals surface area contributed by atoms with Gasteiger partial charge >= 0.3 is 0 Å². The molecular formula is C10H8N2O3. The summed E-state index contributed by atoms with van der Waals surface area (Å²) in [6.45, 7) is 1.85. The molecule has 0 aliphatic carbocycles. The van der Waals surface area contributed by atoms with Crippen LogP contribution in [0, 0.1) is 17.0 Å². The van der Waals surface area contributed by atoms with Crippen LogP contribution >= 0.6 is 0 Å². The summed E-state index contributed by atoms with van der Waals surface area (Å²) in [4.78, 5) is 14.1. The molecule has 0 N–H and O–H groups in total. The molecular weight excluding hydrogens is 196 g/mol. The highest BCUT2D eigenvalue weighted by Crippen LogP contribution is 2.25. The number of aromatic nitrogens is 1. The summed E-state index contributed by atoms with van der Waals surface area (Å²) in [6, 6.07) is 4.60. The van der Waals surface area contributed by atoms with E-state index >= 15 is 0 Å². The van der Waals surface area contributed by atoms with Crippen LogP contribution in [0.4, 0.5) is 5.69 Å². The molecule has 5 nitrogen and oxygen atoms in total. The highest BCUT2D eigenvalue weighted by Gasteiger charge is 2.12. The molecule has 15 heavy (non-hydrogen) atoms. The second kappa shape index (κ2) is 3.53. The lowest BCUT2D eigenvalue weighted by atomic mass is 10.1. The molecule has 2 aromatic rings. The minimum absolute atomic E-state index is 0.0359. The van der Waals surface area contributed by atoms with Crippen molar-refractivity contribution in [2.24, 2.45) is 0 Å². The lowest BCUT2D eigenvalue weighted by Gasteiger charge is -2.00. The van der Waals surface area contributed by atoms with Crippen molar-refractivity contribution in [2.75, 3.05) is 0 Å². The van der Waals surface area contributed by atoms with Gasteiger partial charge in [-0.05, 0) is 12.5 Å². The number of nitrogens with zero attached hydrogens (tertiary/aromatic N) is 2. The molecule has 0 bridgehead atoms. The Morgan fingerprint density at radius 3 is 2.87 bits per heavy atom. The van der Waals surface area contributed by atoms with E-state index in [1.807, 2.05) is 6.92 Å². The summed E-state index contributed by atoms with van der Waals surface area (Å²) in [6.07, 6.45) is 2.95. The van der Waals surface area contributed by atoms with E-state index in [2.05, 4.69) is 4.98 Å². The number of benzene rings is 1. The average Bonchev–Trinajstić information content (AvgIpc) is 2.71. The van der Waals surface area contributed by atoms with Crippen molar-refractivity contribution in [3.63, 3.8) is 0 Å². The van der Waals surface area contributed by atoms with E-state index in [1.54, 1.807) is 6.07 Å². The molecule has 0 saturated carbocycles. The number of rotatable bonds is 2. The maximum Gasteiger partial charge on any atom is 0.270 e. The van der Waals surface area contributed by atoms with Gasteiger partial charge in [0, 0.05) is 17.7 Å². The molecule has 0 fully saturated rings. The highest BCUT2D eigenvalue weighted by atomic mass is 16.6. The van der Waals surface area contributed by atoms with Crippen molar-refractivity contribution in [3.05, 3.63) is 46.3 Å². The van der Waals surface area contributed by atoms with E-state index in [1.165, 1.54) is 24.6 Å². The van der Waals surface area contributed by atoms with Crippen molar-refractivity contribution in [1.29, 1.82) is 0 Å². The standard InChI is InChI=1S/C10H8N2O3/c1-7-2-3-8(12(13)14)6-9(7)10-11-4-5-15-10/h2-6H,1H3. The van der Waals surface area contributed by atoms with Gasteiger partial charge in [-0.1, -0.05) is 6.07 Å². The maximum atomic E-state index is 10.6. The smallest absolute Gasteiger partial charge is 0.270 e. The lowest BCUT2D eigenvalue weighted by molar-refractivity contribution is -0.384. The minimum Gasteiger partial charge on any atom is -0.445 e. The van der Waals surface area contributed by atoms with Crippen LogP contribution in [0.25, 0.3) is 11.5 Å². The number of oxazole rings is 1. The molecule has 0 amide bonds. The predicted octanol–water partition coefficient (Wildman–Crippen LogP) is 2.56. The van der Waals surface area contributed by atoms with E-state index in [4.69, 9.17) is 4.42 Å². The van der Waals surface area contributed by atoms with Crippen LogP contribution in [0.2, 0.25) is 0 Å². The first kappa shape index (κ1) is 9.39. The number of nitro groups is 1. The molecule has 1 aromatic heterocycles. The Hall–Kier alpha value is -2.17. The number of hydrogen-bond donors (Lipinski definition) is 0. The Kier molecular flexibility index (Phi) is 2.21. The summed E-state index contributed by atoms with van der Waals surface area (Å²) in [5.74, 6) is 0.399. The van der Waals surface area contributed by atoms with Crippen LogP contribution < -0.4 is 0 Å². The van der Waals surface area contributed by atoms with E-state index in [0.29, 0.717) is 11.5 Å². The van der Waals surface area contributed by atoms with Gasteiger partial charge in [0.2, 0.25) is 5.89 Å². The van der Waals surface area contributed by atoms with Crippen molar-refractivity contribution in [1.82, 2.24) is 4.98 Å². The van der Waals surface area contributed by atoms with E-state index < -0.39 is 4.92 Å². The Bertz CT molecular complexity index is 491. The highest BCUT2D eigenvalue weighted by molar-refractivity contribution is 5.62. The zero-order chi connectivity index (χ0) is 10.8. The number of non-ortho nitro benzene ring substituents is 1. The van der Waals surface area contributed by atoms with Crippen LogP contribution in [-0.4, -0.2) is 9.91 Å². The third-order valence-corrected chi connectivity index (χ3v) is 2.09. The molecule has 0 atom stereocenters. The van der Waals surface area contributed by atoms with E-state index in [9.17, 15) is 10.1 Å². The topological polar surface area (TPSA) is 69.2 Å². The van der Waals surface area contributed by atoms with E-state index in [-0.39, 0.29) is 5.69 Å². The van der Waals surface area contributed by atoms with Crippen molar-refractivity contribution in [3.8, 4) is 11.5 Å². The van der Waals surface area contributed by atoms with Crippen LogP contribution in [-0.2, 0) is 0 Å². The van der Waals surface area contributed by atoms with E-state index in [0.717, 1.165) is 5.56 Å². The SMILES string of the molecule is Cc1ccc([N+](=O)[O-])cc1-c1ncco1. The zero-order valence-corrected chi connectivity index (χ0v) is 8.01. The summed E-state index contributed by atoms with van der Waals surface area (Å²) in [5, 5.41) is 10.6. The number of hydrogen-bond acceptors (Lipinski definition) is 4. The quantitative estimate of drug-likeness (QED) is 0.556. The summed E-state index contributed by atoms with van der Waals surface area (Å²) in [5.41, 5.74) is 1.58. The summed E-state index contributed by atoms with van der Waals surface area (Å²) >= 11 is 0. The Labute approximate surface area is 85.5 Å². The molecule has 0 saturated heterocycles. The maximum absolute atomic E-state index is 10.6. The molecule has 5 heteroatoms. The molecule has 0 aliphatic rings. The second-order valence-corrected chi connectivity index (χ2v) is 3.09. The molecule has 0 aliphatic heterocycles. The van der Waals surface area contributed by atoms with Gasteiger partial charge in [-0.15, -0.1) is 0 Å². The molecule has 2 rings (SSSR count). The van der Waals surface area contributed by atoms with Gasteiger partial charge in [-0.2, -0.15) is 0 Å². The zero-order valence-electron chi connectivity index (χ0n) is 8.01. The monoisotopic (exact) mass is 204 g/mol. The Morgan fingerprint density at radius 2 is 2.27 bits per heavy atom. The summed E-state index contributed by atoms with van der Waals surface area (Å²) in [7, 11) is 0. The van der Waals surface area contributed by atoms with Crippen LogP contribution in [0.5, 0.6) is 0 Å². The number of aryl methyl sites for hydroxylation is 1. The van der Waals surface area contributed by atoms with Crippen molar-refractivity contribution < 1.29 is 9.34 Å². The molecule has 76 valence electrons. The molecule has 0 unspecified atom stereocenters. The fourth-order valence-electron chi connectivity index (χ4n) is 1.31. The molecule has 0 radical (unpaired) electrons. The first-order valence-electron chi connectivity index (χ1n) is 4.33. The van der Waals surface area contributed by atoms with Gasteiger partial charge in [-0.25, -0.2) is 4.98 Å². The van der Waals surface area contributed by atoms with Gasteiger partial charge in [-0.3, -0.25) is 10.1 Å². The molecule has 0 spiro atoms. The third-order valence-electron chi connectivity index (χ3n) is 2.09. The first-order valence-corrected chi connectivity index (χ1v) is 4.33. The largest absolute Gasteiger partial charge is 0.445 e. The predicted molar refractivity (Wildman–Crippen MR) is 53.3 cm³/mol. The first-order chi connectivity index (χ1) is 7.18. The van der Waals surface area contributed by atoms with Crippen molar-refractivity contribution in [2.45, 2.75) is 6.92 Å². The number of nitro benzene ring substituents is 1. The van der Waals surface area contributed by atoms with Crippen LogP contribution in [0.1, 0.15) is 5.56 Å². The normalized spacial score (nSPS) is 10.2. The minimum atomic E-state index is -0.439. The molecule has 1 aromatic carbocycles. The fraction of sp³-hybridized carbons (Fsp3) is 0.100. The van der Waals surface area contributed by atoms with Gasteiger partial charge in [0.25, 0.3) is 5.69 Å². The fourth-order valence-corrected chi connectivity index (χ4v) is 1.31. The van der Waals surface area contributed by atoms with Crippen molar-refractivity contribution >= 4 is 5.69 Å². The van der Waals surface area contributed by atoms with Gasteiger partial charge in [0.1, 0.15) is 6.26 Å². The van der Waals surface area contributed by atoms with Gasteiger partial charge in [0.05, 0.1) is 11.1 Å². The van der Waals surface area contributed by atoms with Gasteiger partial charge in [0.15, 0.2) is 0 Å². The summed E-state index contributed by atoms with van der Waals surface area (Å²) < 4.78 is 5.10. The third kappa shape index (κ3) is 1.71.